The molecule has 1 aromatic carbocycles. The zero-order valence-electron chi connectivity index (χ0n) is 14.9. The summed E-state index contributed by atoms with van der Waals surface area (Å²) in [6, 6.07) is 5.36. The summed E-state index contributed by atoms with van der Waals surface area (Å²) in [4.78, 5) is 37.9. The topological polar surface area (TPSA) is 128 Å². The van der Waals surface area contributed by atoms with Gasteiger partial charge in [-0.1, -0.05) is 6.07 Å². The number of carbonyl (C=O) groups is 1. The van der Waals surface area contributed by atoms with Crippen LogP contribution in [0.4, 0.5) is 11.5 Å². The molecule has 26 heavy (non-hydrogen) atoms. The molecule has 1 aromatic heterocycles. The van der Waals surface area contributed by atoms with E-state index in [1.165, 1.54) is 11.7 Å². The maximum atomic E-state index is 12.2. The third-order valence-electron chi connectivity index (χ3n) is 3.91. The van der Waals surface area contributed by atoms with E-state index < -0.39 is 17.2 Å². The van der Waals surface area contributed by atoms with Crippen molar-refractivity contribution >= 4 is 17.4 Å². The number of aromatic nitrogens is 2. The number of benzene rings is 1. The lowest BCUT2D eigenvalue weighted by Gasteiger charge is -2.12. The molecule has 9 heteroatoms. The third kappa shape index (κ3) is 4.05. The van der Waals surface area contributed by atoms with E-state index in [0.717, 1.165) is 5.56 Å². The number of rotatable bonds is 7. The second kappa shape index (κ2) is 8.24. The van der Waals surface area contributed by atoms with Gasteiger partial charge in [0.1, 0.15) is 11.5 Å². The normalized spacial score (nSPS) is 10.4. The molecule has 0 aliphatic heterocycles. The molecule has 2 rings (SSSR count). The maximum Gasteiger partial charge on any atom is 0.330 e. The second-order valence-corrected chi connectivity index (χ2v) is 5.50. The van der Waals surface area contributed by atoms with Gasteiger partial charge in [0.15, 0.2) is 11.5 Å². The van der Waals surface area contributed by atoms with Crippen molar-refractivity contribution in [2.24, 2.45) is 0 Å². The summed E-state index contributed by atoms with van der Waals surface area (Å²) >= 11 is 0. The highest BCUT2D eigenvalue weighted by molar-refractivity contribution is 5.93. The number of methoxy groups -OCH3 is 2. The Labute approximate surface area is 149 Å². The van der Waals surface area contributed by atoms with Gasteiger partial charge in [-0.3, -0.25) is 19.1 Å². The fraction of sp³-hybridized carbons (Fsp3) is 0.353. The molecule has 0 saturated heterocycles. The molecular formula is C17H22N4O5. The van der Waals surface area contributed by atoms with E-state index in [1.807, 2.05) is 6.07 Å². The van der Waals surface area contributed by atoms with Gasteiger partial charge in [0.25, 0.3) is 5.56 Å². The molecular weight excluding hydrogens is 340 g/mol. The summed E-state index contributed by atoms with van der Waals surface area (Å²) in [6.45, 7) is 1.98. The summed E-state index contributed by atoms with van der Waals surface area (Å²) in [7, 11) is 3.08. The predicted octanol–water partition coefficient (Wildman–Crippen LogP) is 0.727. The van der Waals surface area contributed by atoms with E-state index in [1.54, 1.807) is 26.2 Å². The first-order valence-corrected chi connectivity index (χ1v) is 8.04. The Hall–Kier alpha value is -3.23. The molecule has 140 valence electrons. The molecule has 0 bridgehead atoms. The van der Waals surface area contributed by atoms with Crippen molar-refractivity contribution in [2.75, 3.05) is 25.3 Å². The summed E-state index contributed by atoms with van der Waals surface area (Å²) in [5, 5.41) is 2.48. The number of amides is 1. The van der Waals surface area contributed by atoms with Crippen molar-refractivity contribution in [1.82, 2.24) is 9.55 Å². The van der Waals surface area contributed by atoms with Crippen molar-refractivity contribution in [3.8, 4) is 11.5 Å². The first-order chi connectivity index (χ1) is 12.4. The quantitative estimate of drug-likeness (QED) is 0.666. The molecule has 0 aliphatic carbocycles. The molecule has 0 spiro atoms. The van der Waals surface area contributed by atoms with Gasteiger partial charge in [-0.05, 0) is 31.0 Å². The molecule has 0 unspecified atom stereocenters. The summed E-state index contributed by atoms with van der Waals surface area (Å²) in [6.07, 6.45) is 0.553. The van der Waals surface area contributed by atoms with Crippen molar-refractivity contribution in [1.29, 1.82) is 0 Å². The molecule has 0 atom stereocenters. The van der Waals surface area contributed by atoms with Crippen LogP contribution in [0.3, 0.4) is 0 Å². The molecule has 0 radical (unpaired) electrons. The third-order valence-corrected chi connectivity index (χ3v) is 3.91. The number of hydrogen-bond acceptors (Lipinski definition) is 6. The summed E-state index contributed by atoms with van der Waals surface area (Å²) in [5.41, 5.74) is 5.23. The van der Waals surface area contributed by atoms with E-state index in [-0.39, 0.29) is 24.5 Å². The van der Waals surface area contributed by atoms with E-state index in [2.05, 4.69) is 10.3 Å². The van der Waals surface area contributed by atoms with Crippen LogP contribution >= 0.6 is 0 Å². The van der Waals surface area contributed by atoms with Crippen molar-refractivity contribution in [3.63, 3.8) is 0 Å². The van der Waals surface area contributed by atoms with E-state index in [9.17, 15) is 14.4 Å². The number of carbonyl (C=O) groups excluding carboxylic acids is 1. The summed E-state index contributed by atoms with van der Waals surface area (Å²) in [5.74, 6) is 0.710. The largest absolute Gasteiger partial charge is 0.493 e. The minimum absolute atomic E-state index is 0.0688. The van der Waals surface area contributed by atoms with Crippen molar-refractivity contribution in [2.45, 2.75) is 26.3 Å². The van der Waals surface area contributed by atoms with Gasteiger partial charge in [-0.15, -0.1) is 0 Å². The number of H-pyrrole nitrogens is 1. The highest BCUT2D eigenvalue weighted by Gasteiger charge is 2.14. The molecule has 0 fully saturated rings. The van der Waals surface area contributed by atoms with Gasteiger partial charge in [0, 0.05) is 13.0 Å². The molecule has 2 aromatic rings. The van der Waals surface area contributed by atoms with Crippen LogP contribution in [-0.4, -0.2) is 29.7 Å². The number of nitrogen functional groups attached to an aromatic ring is 1. The van der Waals surface area contributed by atoms with Crippen LogP contribution in [0.2, 0.25) is 0 Å². The number of ether oxygens (including phenoxy) is 2. The number of aromatic amines is 1. The molecule has 0 aliphatic rings. The van der Waals surface area contributed by atoms with Crippen LogP contribution in [0.5, 0.6) is 11.5 Å². The minimum Gasteiger partial charge on any atom is -0.493 e. The van der Waals surface area contributed by atoms with Gasteiger partial charge < -0.3 is 20.5 Å². The fourth-order valence-corrected chi connectivity index (χ4v) is 2.52. The number of nitrogens with one attached hydrogen (secondary N) is 2. The Kier molecular flexibility index (Phi) is 6.05. The Morgan fingerprint density at radius 2 is 1.92 bits per heavy atom. The lowest BCUT2D eigenvalue weighted by molar-refractivity contribution is -0.116. The smallest absolute Gasteiger partial charge is 0.330 e. The summed E-state index contributed by atoms with van der Waals surface area (Å²) < 4.78 is 11.6. The lowest BCUT2D eigenvalue weighted by Crippen LogP contribution is -2.34. The highest BCUT2D eigenvalue weighted by Crippen LogP contribution is 2.28. The monoisotopic (exact) mass is 362 g/mol. The van der Waals surface area contributed by atoms with Gasteiger partial charge in [-0.25, -0.2) is 4.79 Å². The zero-order chi connectivity index (χ0) is 19.3. The fourth-order valence-electron chi connectivity index (χ4n) is 2.52. The van der Waals surface area contributed by atoms with Crippen LogP contribution in [0, 0.1) is 0 Å². The average molecular weight is 362 g/mol. The molecule has 4 N–H and O–H groups in total. The van der Waals surface area contributed by atoms with Gasteiger partial charge in [-0.2, -0.15) is 0 Å². The van der Waals surface area contributed by atoms with E-state index >= 15 is 0 Å². The SMILES string of the molecule is CCn1c(N)c(NC(=O)CCc2ccc(OC)c(OC)c2)c(=O)[nH]c1=O. The van der Waals surface area contributed by atoms with Crippen molar-refractivity contribution in [3.05, 3.63) is 44.6 Å². The Bertz CT molecular complexity index is 916. The number of nitrogens with two attached hydrogens (primary N) is 1. The van der Waals surface area contributed by atoms with Crippen LogP contribution in [-0.2, 0) is 17.8 Å². The predicted molar refractivity (Wildman–Crippen MR) is 97.9 cm³/mol. The lowest BCUT2D eigenvalue weighted by atomic mass is 10.1. The first-order valence-electron chi connectivity index (χ1n) is 8.04. The minimum atomic E-state index is -0.725. The Morgan fingerprint density at radius 3 is 2.54 bits per heavy atom. The first kappa shape index (κ1) is 19.1. The van der Waals surface area contributed by atoms with Gasteiger partial charge in [0.05, 0.1) is 14.2 Å². The number of anilines is 2. The van der Waals surface area contributed by atoms with Crippen LogP contribution in [0.25, 0.3) is 0 Å². The Balaban J connectivity index is 2.11. The average Bonchev–Trinajstić information content (AvgIpc) is 2.63. The van der Waals surface area contributed by atoms with Crippen LogP contribution in [0.1, 0.15) is 18.9 Å². The number of aryl methyl sites for hydroxylation is 1. The second-order valence-electron chi connectivity index (χ2n) is 5.50. The van der Waals surface area contributed by atoms with E-state index in [4.69, 9.17) is 15.2 Å². The van der Waals surface area contributed by atoms with E-state index in [0.29, 0.717) is 17.9 Å². The van der Waals surface area contributed by atoms with Gasteiger partial charge in [0.2, 0.25) is 5.91 Å². The number of hydrogen-bond donors (Lipinski definition) is 3. The highest BCUT2D eigenvalue weighted by atomic mass is 16.5. The standard InChI is InChI=1S/C17H22N4O5/c1-4-21-15(18)14(16(23)20-17(21)24)19-13(22)8-6-10-5-7-11(25-2)12(9-10)26-3/h5,7,9H,4,6,8,18H2,1-3H3,(H,19,22)(H,20,23,24). The molecule has 1 heterocycles. The van der Waals surface area contributed by atoms with Crippen LogP contribution < -0.4 is 31.8 Å². The molecule has 1 amide bonds. The van der Waals surface area contributed by atoms with Gasteiger partial charge >= 0.3 is 5.69 Å². The Morgan fingerprint density at radius 1 is 1.23 bits per heavy atom. The van der Waals surface area contributed by atoms with Crippen molar-refractivity contribution < 1.29 is 14.3 Å². The molecule has 0 saturated carbocycles. The van der Waals surface area contributed by atoms with Crippen LogP contribution in [0.15, 0.2) is 27.8 Å². The zero-order valence-corrected chi connectivity index (χ0v) is 14.9. The number of nitrogens with zero attached hydrogens (tertiary/aromatic N) is 1. The molecule has 9 nitrogen and oxygen atoms in total. The maximum absolute atomic E-state index is 12.2.